The molecule has 0 aliphatic carbocycles. The summed E-state index contributed by atoms with van der Waals surface area (Å²) in [6.45, 7) is 0.945. The van der Waals surface area contributed by atoms with E-state index in [-0.39, 0.29) is 24.8 Å². The van der Waals surface area contributed by atoms with Crippen molar-refractivity contribution in [3.05, 3.63) is 132 Å². The van der Waals surface area contributed by atoms with Crippen LogP contribution in [0.1, 0.15) is 21.5 Å². The van der Waals surface area contributed by atoms with Crippen LogP contribution in [-0.4, -0.2) is 63.1 Å². The number of nitrogens with zero attached hydrogens (tertiary/aromatic N) is 2. The molecule has 1 aromatic heterocycles. The van der Waals surface area contributed by atoms with Gasteiger partial charge in [-0.3, -0.25) is 9.88 Å². The first-order valence-electron chi connectivity index (χ1n) is 14.1. The van der Waals surface area contributed by atoms with Gasteiger partial charge in [-0.25, -0.2) is 4.79 Å². The number of hydrogen-bond donors (Lipinski definition) is 3. The first kappa shape index (κ1) is 29.7. The molecule has 8 heteroatoms. The summed E-state index contributed by atoms with van der Waals surface area (Å²) in [7, 11) is 0. The van der Waals surface area contributed by atoms with Gasteiger partial charge in [-0.1, -0.05) is 60.7 Å². The van der Waals surface area contributed by atoms with E-state index in [4.69, 9.17) is 9.47 Å². The smallest absolute Gasteiger partial charge is 0.335 e. The maximum atomic E-state index is 11.3. The van der Waals surface area contributed by atoms with Crippen molar-refractivity contribution in [2.24, 2.45) is 0 Å². The molecule has 5 rings (SSSR count). The zero-order valence-corrected chi connectivity index (χ0v) is 23.6. The van der Waals surface area contributed by atoms with E-state index in [1.807, 2.05) is 84.9 Å². The average Bonchev–Trinajstić information content (AvgIpc) is 3.04. The van der Waals surface area contributed by atoms with Crippen LogP contribution >= 0.6 is 0 Å². The Morgan fingerprint density at radius 3 is 2.26 bits per heavy atom. The molecule has 0 aliphatic rings. The van der Waals surface area contributed by atoms with Gasteiger partial charge in [-0.2, -0.15) is 0 Å². The number of aliphatic hydroxyl groups is 2. The molecule has 0 saturated carbocycles. The summed E-state index contributed by atoms with van der Waals surface area (Å²) >= 11 is 0. The van der Waals surface area contributed by atoms with Gasteiger partial charge in [0.15, 0.2) is 0 Å². The molecule has 0 saturated heterocycles. The van der Waals surface area contributed by atoms with Gasteiger partial charge in [-0.05, 0) is 66.1 Å². The van der Waals surface area contributed by atoms with Gasteiger partial charge in [0.05, 0.1) is 17.7 Å². The van der Waals surface area contributed by atoms with Gasteiger partial charge in [0, 0.05) is 30.7 Å². The van der Waals surface area contributed by atoms with Crippen molar-refractivity contribution in [3.63, 3.8) is 0 Å². The van der Waals surface area contributed by atoms with E-state index in [0.29, 0.717) is 47.7 Å². The topological polar surface area (TPSA) is 112 Å². The Morgan fingerprint density at radius 1 is 0.837 bits per heavy atom. The normalized spacial score (nSPS) is 12.6. The number of ether oxygens (including phenoxy) is 2. The Balaban J connectivity index is 1.27. The first-order chi connectivity index (χ1) is 21.0. The molecule has 0 radical (unpaired) electrons. The lowest BCUT2D eigenvalue weighted by Gasteiger charge is -2.32. The molecule has 43 heavy (non-hydrogen) atoms. The van der Waals surface area contributed by atoms with Crippen LogP contribution in [0, 0.1) is 0 Å². The van der Waals surface area contributed by atoms with Crippen molar-refractivity contribution < 1.29 is 29.6 Å². The highest BCUT2D eigenvalue weighted by atomic mass is 16.5. The Kier molecular flexibility index (Phi) is 9.97. The maximum Gasteiger partial charge on any atom is 0.335 e. The average molecular weight is 579 g/mol. The zero-order chi connectivity index (χ0) is 30.0. The van der Waals surface area contributed by atoms with E-state index >= 15 is 0 Å². The molecule has 1 heterocycles. The molecule has 0 amide bonds. The van der Waals surface area contributed by atoms with Crippen LogP contribution < -0.4 is 9.47 Å². The molecule has 2 atom stereocenters. The van der Waals surface area contributed by atoms with Crippen molar-refractivity contribution in [2.75, 3.05) is 19.8 Å². The molecule has 4 aromatic carbocycles. The van der Waals surface area contributed by atoms with Crippen LogP contribution in [0.25, 0.3) is 10.9 Å². The summed E-state index contributed by atoms with van der Waals surface area (Å²) in [5.74, 6) is 0.878. The van der Waals surface area contributed by atoms with Gasteiger partial charge in [0.2, 0.25) is 0 Å². The number of carboxylic acid groups (broad SMARTS) is 1. The van der Waals surface area contributed by atoms with Crippen molar-refractivity contribution in [3.8, 4) is 17.2 Å². The lowest BCUT2D eigenvalue weighted by atomic mass is 10.0. The minimum absolute atomic E-state index is 0.0846. The Morgan fingerprint density at radius 2 is 1.56 bits per heavy atom. The zero-order valence-electron chi connectivity index (χ0n) is 23.6. The summed E-state index contributed by atoms with van der Waals surface area (Å²) in [5, 5.41) is 31.3. The number of rotatable bonds is 14. The van der Waals surface area contributed by atoms with E-state index in [1.54, 1.807) is 18.3 Å². The molecule has 0 fully saturated rings. The highest BCUT2D eigenvalue weighted by molar-refractivity contribution is 5.94. The fraction of sp³-hybridized carbons (Fsp3) is 0.200. The number of fused-ring (bicyclic) bond motifs is 1. The SMILES string of the molecule is O=C(O)c1ccc2c(Oc3ccc(C[C@@H](CO)N(Cc4ccccc4)C[C@H](O)COc4ccccc4)cc3)ccnc2c1. The summed E-state index contributed by atoms with van der Waals surface area (Å²) in [4.78, 5) is 17.7. The summed E-state index contributed by atoms with van der Waals surface area (Å²) < 4.78 is 11.9. The highest BCUT2D eigenvalue weighted by Gasteiger charge is 2.22. The van der Waals surface area contributed by atoms with E-state index in [0.717, 1.165) is 11.1 Å². The maximum absolute atomic E-state index is 11.3. The van der Waals surface area contributed by atoms with Crippen molar-refractivity contribution >= 4 is 16.9 Å². The van der Waals surface area contributed by atoms with Crippen molar-refractivity contribution in [2.45, 2.75) is 25.1 Å². The number of carboxylic acids is 1. The van der Waals surface area contributed by atoms with E-state index < -0.39 is 12.1 Å². The van der Waals surface area contributed by atoms with Crippen LogP contribution in [0.4, 0.5) is 0 Å². The molecule has 0 unspecified atom stereocenters. The first-order valence-corrected chi connectivity index (χ1v) is 14.1. The van der Waals surface area contributed by atoms with Gasteiger partial charge in [0.1, 0.15) is 30.0 Å². The lowest BCUT2D eigenvalue weighted by Crippen LogP contribution is -2.44. The second-order valence-electron chi connectivity index (χ2n) is 10.3. The lowest BCUT2D eigenvalue weighted by molar-refractivity contribution is 0.0335. The number of carbonyl (C=O) groups is 1. The number of benzene rings is 4. The second-order valence-corrected chi connectivity index (χ2v) is 10.3. The molecule has 0 aliphatic heterocycles. The molecule has 0 bridgehead atoms. The number of pyridine rings is 1. The highest BCUT2D eigenvalue weighted by Crippen LogP contribution is 2.30. The predicted molar refractivity (Wildman–Crippen MR) is 165 cm³/mol. The van der Waals surface area contributed by atoms with Crippen molar-refractivity contribution in [1.82, 2.24) is 9.88 Å². The molecule has 8 nitrogen and oxygen atoms in total. The predicted octanol–water partition coefficient (Wildman–Crippen LogP) is 5.57. The quantitative estimate of drug-likeness (QED) is 0.157. The number of aromatic carboxylic acids is 1. The largest absolute Gasteiger partial charge is 0.491 e. The monoisotopic (exact) mass is 578 g/mol. The van der Waals surface area contributed by atoms with Gasteiger partial charge in [0.25, 0.3) is 0 Å². The Bertz CT molecular complexity index is 1610. The van der Waals surface area contributed by atoms with Gasteiger partial charge < -0.3 is 24.8 Å². The number of para-hydroxylation sites is 1. The van der Waals surface area contributed by atoms with Gasteiger partial charge in [-0.15, -0.1) is 0 Å². The van der Waals surface area contributed by atoms with Crippen molar-refractivity contribution in [1.29, 1.82) is 0 Å². The molecular weight excluding hydrogens is 544 g/mol. The van der Waals surface area contributed by atoms with Crippen LogP contribution in [0.15, 0.2) is 115 Å². The number of hydrogen-bond acceptors (Lipinski definition) is 7. The van der Waals surface area contributed by atoms with Crippen LogP contribution in [0.5, 0.6) is 17.2 Å². The van der Waals surface area contributed by atoms with E-state index in [1.165, 1.54) is 12.1 Å². The van der Waals surface area contributed by atoms with Crippen LogP contribution in [-0.2, 0) is 13.0 Å². The van der Waals surface area contributed by atoms with Gasteiger partial charge >= 0.3 is 5.97 Å². The molecule has 220 valence electrons. The fourth-order valence-corrected chi connectivity index (χ4v) is 4.94. The van der Waals surface area contributed by atoms with Crippen LogP contribution in [0.3, 0.4) is 0 Å². The van der Waals surface area contributed by atoms with E-state index in [9.17, 15) is 20.1 Å². The second kappa shape index (κ2) is 14.4. The third-order valence-corrected chi connectivity index (χ3v) is 7.16. The molecule has 5 aromatic rings. The Hall–Kier alpha value is -4.76. The molecule has 0 spiro atoms. The standard InChI is InChI=1S/C35H34N2O6/c38-23-28(37(21-26-7-3-1-4-8-26)22-29(39)24-42-30-9-5-2-6-10-30)19-25-11-14-31(15-12-25)43-34-17-18-36-33-20-27(35(40)41)13-16-32(33)34/h1-18,20,28-29,38-39H,19,21-24H2,(H,40,41)/t28-,29-/m0/s1. The molecule has 3 N–H and O–H groups in total. The number of aromatic nitrogens is 1. The third kappa shape index (κ3) is 8.17. The number of aliphatic hydroxyl groups excluding tert-OH is 2. The fourth-order valence-electron chi connectivity index (χ4n) is 4.94. The van der Waals surface area contributed by atoms with Crippen LogP contribution in [0.2, 0.25) is 0 Å². The summed E-state index contributed by atoms with van der Waals surface area (Å²) in [5.41, 5.74) is 2.79. The minimum atomic E-state index is -1.01. The Labute approximate surface area is 250 Å². The minimum Gasteiger partial charge on any atom is -0.491 e. The third-order valence-electron chi connectivity index (χ3n) is 7.16. The summed E-state index contributed by atoms with van der Waals surface area (Å²) in [6.07, 6.45) is 1.39. The summed E-state index contributed by atoms with van der Waals surface area (Å²) in [6, 6.07) is 33.3. The molecular formula is C35H34N2O6. The van der Waals surface area contributed by atoms with E-state index in [2.05, 4.69) is 9.88 Å².